The average Bonchev–Trinajstić information content (AvgIpc) is 2.25. The first-order valence-corrected chi connectivity index (χ1v) is 6.19. The molecule has 0 unspecified atom stereocenters. The third-order valence-electron chi connectivity index (χ3n) is 2.68. The first-order valence-electron chi connectivity index (χ1n) is 6.19. The number of aliphatic hydroxyl groups excluding tert-OH is 1. The molecule has 0 aliphatic rings. The summed E-state index contributed by atoms with van der Waals surface area (Å²) in [5.41, 5.74) is 1.45. The summed E-state index contributed by atoms with van der Waals surface area (Å²) in [5.74, 6) is -0.251. The fourth-order valence-corrected chi connectivity index (χ4v) is 1.61. The van der Waals surface area contributed by atoms with Crippen molar-refractivity contribution in [3.8, 4) is 0 Å². The van der Waals surface area contributed by atoms with E-state index in [0.29, 0.717) is 18.8 Å². The molecule has 0 saturated heterocycles. The fourth-order valence-electron chi connectivity index (χ4n) is 1.61. The molecule has 4 heteroatoms. The molecule has 2 N–H and O–H groups in total. The van der Waals surface area contributed by atoms with Gasteiger partial charge in [0.25, 0.3) is 0 Å². The molecule has 0 aliphatic carbocycles. The molecule has 0 atom stereocenters. The third-order valence-corrected chi connectivity index (χ3v) is 2.68. The van der Waals surface area contributed by atoms with E-state index in [1.807, 2.05) is 6.07 Å². The smallest absolute Gasteiger partial charge is 0.146 e. The molecule has 0 aromatic heterocycles. The van der Waals surface area contributed by atoms with Gasteiger partial charge in [0.1, 0.15) is 5.82 Å². The Balaban J connectivity index is 2.73. The number of hydrogen-bond donors (Lipinski definition) is 2. The number of likely N-dealkylation sites (N-methyl/N-ethyl adjacent to an activating group) is 1. The van der Waals surface area contributed by atoms with E-state index in [-0.39, 0.29) is 18.0 Å². The molecule has 1 aromatic carbocycles. The topological polar surface area (TPSA) is 35.5 Å². The Morgan fingerprint density at radius 2 is 2.00 bits per heavy atom. The van der Waals surface area contributed by atoms with E-state index >= 15 is 0 Å². The number of aliphatic hydroxyl groups is 1. The van der Waals surface area contributed by atoms with Crippen molar-refractivity contribution in [2.45, 2.75) is 32.9 Å². The van der Waals surface area contributed by atoms with E-state index in [1.54, 1.807) is 24.1 Å². The molecule has 0 saturated carbocycles. The number of anilines is 1. The largest absolute Gasteiger partial charge is 0.395 e. The number of nitrogens with zero attached hydrogens (tertiary/aromatic N) is 1. The van der Waals surface area contributed by atoms with Crippen molar-refractivity contribution in [1.82, 2.24) is 5.32 Å². The monoisotopic (exact) mass is 254 g/mol. The minimum absolute atomic E-state index is 0.0167. The number of hydrogen-bond acceptors (Lipinski definition) is 3. The minimum Gasteiger partial charge on any atom is -0.395 e. The van der Waals surface area contributed by atoms with Crippen molar-refractivity contribution in [2.75, 3.05) is 25.1 Å². The molecule has 102 valence electrons. The second kappa shape index (κ2) is 6.16. The van der Waals surface area contributed by atoms with Gasteiger partial charge in [-0.1, -0.05) is 6.07 Å². The summed E-state index contributed by atoms with van der Waals surface area (Å²) in [4.78, 5) is 1.70. The van der Waals surface area contributed by atoms with Crippen LogP contribution in [0.1, 0.15) is 26.3 Å². The van der Waals surface area contributed by atoms with Gasteiger partial charge in [0.2, 0.25) is 0 Å². The zero-order valence-electron chi connectivity index (χ0n) is 11.6. The summed E-state index contributed by atoms with van der Waals surface area (Å²) in [6.45, 7) is 7.32. The van der Waals surface area contributed by atoms with E-state index in [1.165, 1.54) is 0 Å². The van der Waals surface area contributed by atoms with E-state index in [4.69, 9.17) is 5.11 Å². The van der Waals surface area contributed by atoms with Gasteiger partial charge in [-0.3, -0.25) is 0 Å². The lowest BCUT2D eigenvalue weighted by Crippen LogP contribution is -2.35. The molecule has 18 heavy (non-hydrogen) atoms. The number of rotatable bonds is 5. The van der Waals surface area contributed by atoms with Crippen LogP contribution in [-0.4, -0.2) is 30.8 Å². The maximum atomic E-state index is 13.9. The van der Waals surface area contributed by atoms with Crippen LogP contribution in [0, 0.1) is 5.82 Å². The van der Waals surface area contributed by atoms with Crippen LogP contribution in [0.5, 0.6) is 0 Å². The van der Waals surface area contributed by atoms with Crippen molar-refractivity contribution in [2.24, 2.45) is 0 Å². The van der Waals surface area contributed by atoms with Gasteiger partial charge in [-0.25, -0.2) is 4.39 Å². The van der Waals surface area contributed by atoms with Crippen molar-refractivity contribution in [3.63, 3.8) is 0 Å². The normalized spacial score (nSPS) is 11.7. The molecule has 0 bridgehead atoms. The van der Waals surface area contributed by atoms with Gasteiger partial charge in [-0.05, 0) is 38.5 Å². The van der Waals surface area contributed by atoms with Crippen LogP contribution in [-0.2, 0) is 6.54 Å². The Morgan fingerprint density at radius 3 is 2.50 bits per heavy atom. The summed E-state index contributed by atoms with van der Waals surface area (Å²) >= 11 is 0. The average molecular weight is 254 g/mol. The molecule has 1 rings (SSSR count). The Labute approximate surface area is 109 Å². The van der Waals surface area contributed by atoms with Crippen molar-refractivity contribution in [3.05, 3.63) is 29.6 Å². The molecule has 0 fully saturated rings. The van der Waals surface area contributed by atoms with Crippen LogP contribution in [0.3, 0.4) is 0 Å². The highest BCUT2D eigenvalue weighted by molar-refractivity contribution is 5.48. The zero-order valence-corrected chi connectivity index (χ0v) is 11.6. The summed E-state index contributed by atoms with van der Waals surface area (Å²) in [5, 5.41) is 12.2. The Kier molecular flexibility index (Phi) is 5.11. The Bertz CT molecular complexity index is 388. The quantitative estimate of drug-likeness (QED) is 0.845. The summed E-state index contributed by atoms with van der Waals surface area (Å²) < 4.78 is 13.9. The zero-order chi connectivity index (χ0) is 13.8. The van der Waals surface area contributed by atoms with Crippen molar-refractivity contribution < 1.29 is 9.50 Å². The molecule has 0 spiro atoms. The van der Waals surface area contributed by atoms with Gasteiger partial charge >= 0.3 is 0 Å². The van der Waals surface area contributed by atoms with E-state index in [2.05, 4.69) is 26.1 Å². The maximum absolute atomic E-state index is 13.9. The molecule has 0 aliphatic heterocycles. The molecule has 0 heterocycles. The first kappa shape index (κ1) is 14.9. The number of nitrogens with one attached hydrogen (secondary N) is 1. The molecular formula is C14H23FN2O. The van der Waals surface area contributed by atoms with Crippen LogP contribution >= 0.6 is 0 Å². The van der Waals surface area contributed by atoms with E-state index in [9.17, 15) is 4.39 Å². The molecule has 1 aromatic rings. The second-order valence-electron chi connectivity index (χ2n) is 5.53. The van der Waals surface area contributed by atoms with E-state index < -0.39 is 0 Å². The van der Waals surface area contributed by atoms with Crippen LogP contribution in [0.2, 0.25) is 0 Å². The lowest BCUT2D eigenvalue weighted by molar-refractivity contribution is 0.303. The minimum atomic E-state index is -0.251. The summed E-state index contributed by atoms with van der Waals surface area (Å²) in [6, 6.07) is 5.21. The highest BCUT2D eigenvalue weighted by Crippen LogP contribution is 2.19. The van der Waals surface area contributed by atoms with Gasteiger partial charge in [0.15, 0.2) is 0 Å². The van der Waals surface area contributed by atoms with Gasteiger partial charge in [-0.15, -0.1) is 0 Å². The lowest BCUT2D eigenvalue weighted by atomic mass is 10.1. The van der Waals surface area contributed by atoms with Gasteiger partial charge < -0.3 is 15.3 Å². The molecular weight excluding hydrogens is 231 g/mol. The standard InChI is InChI=1S/C14H23FN2O/c1-14(2,3)16-10-11-5-6-13(12(15)9-11)17(4)7-8-18/h5-6,9,16,18H,7-8,10H2,1-4H3. The van der Waals surface area contributed by atoms with Gasteiger partial charge in [0, 0.05) is 25.7 Å². The van der Waals surface area contributed by atoms with E-state index in [0.717, 1.165) is 5.56 Å². The fraction of sp³-hybridized carbons (Fsp3) is 0.571. The number of halogens is 1. The Hall–Kier alpha value is -1.13. The first-order chi connectivity index (χ1) is 8.33. The summed E-state index contributed by atoms with van der Waals surface area (Å²) in [7, 11) is 1.77. The van der Waals surface area contributed by atoms with Gasteiger partial charge in [0.05, 0.1) is 12.3 Å². The SMILES string of the molecule is CN(CCO)c1ccc(CNC(C)(C)C)cc1F. The summed E-state index contributed by atoms with van der Waals surface area (Å²) in [6.07, 6.45) is 0. The van der Waals surface area contributed by atoms with Crippen molar-refractivity contribution >= 4 is 5.69 Å². The molecule has 0 amide bonds. The highest BCUT2D eigenvalue weighted by Gasteiger charge is 2.11. The predicted molar refractivity (Wildman–Crippen MR) is 73.3 cm³/mol. The Morgan fingerprint density at radius 1 is 1.33 bits per heavy atom. The maximum Gasteiger partial charge on any atom is 0.146 e. The third kappa shape index (κ3) is 4.63. The molecule has 0 radical (unpaired) electrons. The molecule has 3 nitrogen and oxygen atoms in total. The van der Waals surface area contributed by atoms with Crippen LogP contribution in [0.15, 0.2) is 18.2 Å². The second-order valence-corrected chi connectivity index (χ2v) is 5.53. The number of benzene rings is 1. The highest BCUT2D eigenvalue weighted by atomic mass is 19.1. The predicted octanol–water partition coefficient (Wildman–Crippen LogP) is 2.14. The van der Waals surface area contributed by atoms with Crippen LogP contribution < -0.4 is 10.2 Å². The van der Waals surface area contributed by atoms with Crippen molar-refractivity contribution in [1.29, 1.82) is 0 Å². The van der Waals surface area contributed by atoms with Crippen LogP contribution in [0.4, 0.5) is 10.1 Å². The lowest BCUT2D eigenvalue weighted by Gasteiger charge is -2.22. The van der Waals surface area contributed by atoms with Crippen LogP contribution in [0.25, 0.3) is 0 Å². The van der Waals surface area contributed by atoms with Gasteiger partial charge in [-0.2, -0.15) is 0 Å².